The number of esters is 1. The number of carbonyl (C=O) groups excluding carboxylic acids is 1. The maximum atomic E-state index is 12.1. The van der Waals surface area contributed by atoms with Gasteiger partial charge in [-0.25, -0.2) is 9.79 Å². The van der Waals surface area contributed by atoms with E-state index in [2.05, 4.69) is 4.99 Å². The molecule has 0 aliphatic carbocycles. The van der Waals surface area contributed by atoms with Crippen molar-refractivity contribution in [3.05, 3.63) is 59.3 Å². The van der Waals surface area contributed by atoms with Crippen LogP contribution in [0.25, 0.3) is 6.08 Å². The number of hydrogen-bond donors (Lipinski definition) is 0. The van der Waals surface area contributed by atoms with Crippen LogP contribution in [0, 0.1) is 0 Å². The first-order chi connectivity index (χ1) is 12.6. The van der Waals surface area contributed by atoms with E-state index < -0.39 is 5.97 Å². The van der Waals surface area contributed by atoms with Crippen molar-refractivity contribution >= 4 is 17.9 Å². The Bertz CT molecular complexity index is 846. The van der Waals surface area contributed by atoms with Crippen molar-refractivity contribution in [2.24, 2.45) is 4.99 Å². The molecule has 0 aromatic heterocycles. The summed E-state index contributed by atoms with van der Waals surface area (Å²) in [6.45, 7) is 2.53. The molecule has 3 rings (SSSR count). The average molecular weight is 353 g/mol. The quantitative estimate of drug-likeness (QED) is 0.588. The number of methoxy groups -OCH3 is 2. The van der Waals surface area contributed by atoms with Gasteiger partial charge in [0.05, 0.1) is 20.8 Å². The number of ether oxygens (including phenoxy) is 4. The van der Waals surface area contributed by atoms with Crippen molar-refractivity contribution < 1.29 is 23.7 Å². The SMILES string of the molecule is CCOc1ccc(/C=C2/N=C(c3cc(OC)cc(OC)c3)OC2=O)cc1. The predicted octanol–water partition coefficient (Wildman–Crippen LogP) is 3.45. The molecule has 1 aliphatic rings. The summed E-state index contributed by atoms with van der Waals surface area (Å²) in [7, 11) is 3.11. The summed E-state index contributed by atoms with van der Waals surface area (Å²) in [5.74, 6) is 1.65. The summed E-state index contributed by atoms with van der Waals surface area (Å²) in [5.41, 5.74) is 1.66. The smallest absolute Gasteiger partial charge is 0.363 e. The van der Waals surface area contributed by atoms with Crippen molar-refractivity contribution in [1.29, 1.82) is 0 Å². The minimum absolute atomic E-state index is 0.212. The fraction of sp³-hybridized carbons (Fsp3) is 0.200. The Balaban J connectivity index is 1.89. The third kappa shape index (κ3) is 3.85. The Morgan fingerprint density at radius 1 is 1.00 bits per heavy atom. The molecular weight excluding hydrogens is 334 g/mol. The Morgan fingerprint density at radius 2 is 1.65 bits per heavy atom. The second-order valence-corrected chi connectivity index (χ2v) is 5.44. The summed E-state index contributed by atoms with van der Waals surface area (Å²) >= 11 is 0. The van der Waals surface area contributed by atoms with E-state index in [1.807, 2.05) is 31.2 Å². The largest absolute Gasteiger partial charge is 0.497 e. The van der Waals surface area contributed by atoms with E-state index in [9.17, 15) is 4.79 Å². The molecule has 2 aromatic carbocycles. The van der Waals surface area contributed by atoms with Gasteiger partial charge in [0.15, 0.2) is 5.70 Å². The number of cyclic esters (lactones) is 1. The van der Waals surface area contributed by atoms with Crippen LogP contribution < -0.4 is 14.2 Å². The molecule has 1 aliphatic heterocycles. The lowest BCUT2D eigenvalue weighted by Crippen LogP contribution is -2.06. The minimum atomic E-state index is -0.504. The van der Waals surface area contributed by atoms with Crippen LogP contribution in [-0.2, 0) is 9.53 Å². The first-order valence-electron chi connectivity index (χ1n) is 8.12. The number of rotatable bonds is 6. The van der Waals surface area contributed by atoms with Gasteiger partial charge in [-0.05, 0) is 42.8 Å². The average Bonchev–Trinajstić information content (AvgIpc) is 3.03. The zero-order chi connectivity index (χ0) is 18.5. The van der Waals surface area contributed by atoms with E-state index in [1.54, 1.807) is 38.5 Å². The molecule has 1 heterocycles. The third-order valence-corrected chi connectivity index (χ3v) is 3.71. The van der Waals surface area contributed by atoms with Gasteiger partial charge < -0.3 is 18.9 Å². The topological polar surface area (TPSA) is 66.3 Å². The van der Waals surface area contributed by atoms with Gasteiger partial charge in [0.1, 0.15) is 17.2 Å². The van der Waals surface area contributed by atoms with Crippen LogP contribution in [0.1, 0.15) is 18.1 Å². The van der Waals surface area contributed by atoms with Gasteiger partial charge in [0.2, 0.25) is 5.90 Å². The highest BCUT2D eigenvalue weighted by molar-refractivity contribution is 6.13. The highest BCUT2D eigenvalue weighted by atomic mass is 16.6. The fourth-order valence-electron chi connectivity index (χ4n) is 2.45. The lowest BCUT2D eigenvalue weighted by atomic mass is 10.2. The van der Waals surface area contributed by atoms with Crippen molar-refractivity contribution in [1.82, 2.24) is 0 Å². The van der Waals surface area contributed by atoms with Gasteiger partial charge in [-0.3, -0.25) is 0 Å². The number of benzene rings is 2. The number of hydrogen-bond acceptors (Lipinski definition) is 6. The molecule has 0 unspecified atom stereocenters. The molecule has 0 spiro atoms. The van der Waals surface area contributed by atoms with Gasteiger partial charge in [0, 0.05) is 11.6 Å². The van der Waals surface area contributed by atoms with E-state index in [0.717, 1.165) is 11.3 Å². The maximum Gasteiger partial charge on any atom is 0.363 e. The Kier molecular flexibility index (Phi) is 5.22. The second-order valence-electron chi connectivity index (χ2n) is 5.44. The van der Waals surface area contributed by atoms with Crippen molar-refractivity contribution in [2.75, 3.05) is 20.8 Å². The van der Waals surface area contributed by atoms with Crippen LogP contribution in [0.5, 0.6) is 17.2 Å². The second kappa shape index (κ2) is 7.74. The summed E-state index contributed by atoms with van der Waals surface area (Å²) in [4.78, 5) is 16.5. The predicted molar refractivity (Wildman–Crippen MR) is 97.8 cm³/mol. The molecule has 0 radical (unpaired) electrons. The molecule has 0 bridgehead atoms. The van der Waals surface area contributed by atoms with Crippen LogP contribution in [0.15, 0.2) is 53.2 Å². The summed E-state index contributed by atoms with van der Waals surface area (Å²) in [5, 5.41) is 0. The minimum Gasteiger partial charge on any atom is -0.497 e. The fourth-order valence-corrected chi connectivity index (χ4v) is 2.45. The van der Waals surface area contributed by atoms with Crippen molar-refractivity contribution in [2.45, 2.75) is 6.92 Å². The highest BCUT2D eigenvalue weighted by Gasteiger charge is 2.25. The van der Waals surface area contributed by atoms with E-state index in [1.165, 1.54) is 0 Å². The molecule has 0 fully saturated rings. The van der Waals surface area contributed by atoms with Crippen molar-refractivity contribution in [3.8, 4) is 17.2 Å². The third-order valence-electron chi connectivity index (χ3n) is 3.71. The van der Waals surface area contributed by atoms with Gasteiger partial charge in [-0.2, -0.15) is 0 Å². The first kappa shape index (κ1) is 17.5. The molecule has 134 valence electrons. The molecule has 0 N–H and O–H groups in total. The van der Waals surface area contributed by atoms with E-state index in [4.69, 9.17) is 18.9 Å². The summed E-state index contributed by atoms with van der Waals surface area (Å²) in [6.07, 6.45) is 1.67. The molecular formula is C20H19NO5. The maximum absolute atomic E-state index is 12.1. The molecule has 2 aromatic rings. The molecule has 0 saturated heterocycles. The van der Waals surface area contributed by atoms with Crippen LogP contribution >= 0.6 is 0 Å². The van der Waals surface area contributed by atoms with Gasteiger partial charge in [0.25, 0.3) is 0 Å². The summed E-state index contributed by atoms with van der Waals surface area (Å²) in [6, 6.07) is 12.6. The number of carbonyl (C=O) groups is 1. The molecule has 26 heavy (non-hydrogen) atoms. The molecule has 0 amide bonds. The van der Waals surface area contributed by atoms with Gasteiger partial charge >= 0.3 is 5.97 Å². The van der Waals surface area contributed by atoms with Gasteiger partial charge in [-0.1, -0.05) is 12.1 Å². The van der Waals surface area contributed by atoms with Crippen molar-refractivity contribution in [3.63, 3.8) is 0 Å². The number of nitrogens with zero attached hydrogens (tertiary/aromatic N) is 1. The van der Waals surface area contributed by atoms with E-state index in [-0.39, 0.29) is 11.6 Å². The van der Waals surface area contributed by atoms with E-state index in [0.29, 0.717) is 23.7 Å². The monoisotopic (exact) mass is 353 g/mol. The van der Waals surface area contributed by atoms with Gasteiger partial charge in [-0.15, -0.1) is 0 Å². The van der Waals surface area contributed by atoms with Crippen LogP contribution in [0.4, 0.5) is 0 Å². The number of aliphatic imine (C=N–C) groups is 1. The highest BCUT2D eigenvalue weighted by Crippen LogP contribution is 2.26. The lowest BCUT2D eigenvalue weighted by Gasteiger charge is -2.07. The van der Waals surface area contributed by atoms with Crippen LogP contribution in [-0.4, -0.2) is 32.7 Å². The zero-order valence-electron chi connectivity index (χ0n) is 14.8. The Hall–Kier alpha value is -3.28. The zero-order valence-corrected chi connectivity index (χ0v) is 14.8. The Morgan fingerprint density at radius 3 is 2.23 bits per heavy atom. The molecule has 0 saturated carbocycles. The lowest BCUT2D eigenvalue weighted by molar-refractivity contribution is -0.129. The van der Waals surface area contributed by atoms with Crippen LogP contribution in [0.2, 0.25) is 0 Å². The molecule has 6 nitrogen and oxygen atoms in total. The first-order valence-corrected chi connectivity index (χ1v) is 8.12. The normalized spacial score (nSPS) is 14.8. The standard InChI is InChI=1S/C20H19NO5/c1-4-25-15-7-5-13(6-8-15)9-18-20(22)26-19(21-18)14-10-16(23-2)12-17(11-14)24-3/h5-12H,4H2,1-3H3/b18-9+. The summed E-state index contributed by atoms with van der Waals surface area (Å²) < 4.78 is 21.2. The van der Waals surface area contributed by atoms with E-state index >= 15 is 0 Å². The molecule has 6 heteroatoms. The van der Waals surface area contributed by atoms with Crippen LogP contribution in [0.3, 0.4) is 0 Å². The Labute approximate surface area is 151 Å². The molecule has 0 atom stereocenters.